The summed E-state index contributed by atoms with van der Waals surface area (Å²) in [6, 6.07) is 10.2. The summed E-state index contributed by atoms with van der Waals surface area (Å²) in [5, 5.41) is 0.454. The Labute approximate surface area is 163 Å². The summed E-state index contributed by atoms with van der Waals surface area (Å²) in [5.74, 6) is 0.901. The average Bonchev–Trinajstić information content (AvgIpc) is 3.04. The van der Waals surface area contributed by atoms with Gasteiger partial charge in [-0.25, -0.2) is 13.1 Å². The zero-order chi connectivity index (χ0) is 18.9. The summed E-state index contributed by atoms with van der Waals surface area (Å²) in [7, 11) is 0.0442. The van der Waals surface area contributed by atoms with Crippen molar-refractivity contribution < 1.29 is 13.2 Å². The van der Waals surface area contributed by atoms with E-state index in [0.29, 0.717) is 11.6 Å². The Morgan fingerprint density at radius 2 is 1.96 bits per heavy atom. The smallest absolute Gasteiger partial charge is 0.242 e. The lowest BCUT2D eigenvalue weighted by atomic mass is 10.0. The lowest BCUT2D eigenvalue weighted by Gasteiger charge is -2.25. The molecular weight excluding hydrogens is 395 g/mol. The van der Waals surface area contributed by atoms with Crippen LogP contribution in [0.15, 0.2) is 41.3 Å². The highest BCUT2D eigenvalue weighted by Crippen LogP contribution is 2.30. The minimum Gasteiger partial charge on any atom is -0.493 e. The van der Waals surface area contributed by atoms with Crippen LogP contribution in [0.1, 0.15) is 17.2 Å². The number of nitrogens with zero attached hydrogens (tertiary/aromatic N) is 1. The summed E-state index contributed by atoms with van der Waals surface area (Å²) >= 11 is 12.0. The fourth-order valence-corrected chi connectivity index (χ4v) is 4.76. The number of rotatable bonds is 6. The third kappa shape index (κ3) is 4.15. The molecule has 0 radical (unpaired) electrons. The highest BCUT2D eigenvalue weighted by molar-refractivity contribution is 7.89. The zero-order valence-electron chi connectivity index (χ0n) is 14.5. The summed E-state index contributed by atoms with van der Waals surface area (Å²) in [5.41, 5.74) is 2.18. The van der Waals surface area contributed by atoms with E-state index < -0.39 is 10.0 Å². The van der Waals surface area contributed by atoms with Gasteiger partial charge >= 0.3 is 0 Å². The van der Waals surface area contributed by atoms with Gasteiger partial charge in [0.2, 0.25) is 10.0 Å². The van der Waals surface area contributed by atoms with Gasteiger partial charge in [-0.15, -0.1) is 0 Å². The van der Waals surface area contributed by atoms with Crippen molar-refractivity contribution in [3.05, 3.63) is 57.6 Å². The fraction of sp³-hybridized carbons (Fsp3) is 0.333. The van der Waals surface area contributed by atoms with Crippen LogP contribution in [0.25, 0.3) is 0 Å². The first-order valence-corrected chi connectivity index (χ1v) is 10.4. The lowest BCUT2D eigenvalue weighted by molar-refractivity contribution is 0.299. The number of benzene rings is 2. The van der Waals surface area contributed by atoms with Crippen molar-refractivity contribution in [2.45, 2.75) is 17.4 Å². The number of likely N-dealkylation sites (N-methyl/N-ethyl adjacent to an activating group) is 1. The molecule has 1 N–H and O–H groups in total. The molecule has 1 unspecified atom stereocenters. The van der Waals surface area contributed by atoms with E-state index in [4.69, 9.17) is 27.9 Å². The van der Waals surface area contributed by atoms with Crippen LogP contribution >= 0.6 is 23.2 Å². The second-order valence-corrected chi connectivity index (χ2v) is 8.95. The van der Waals surface area contributed by atoms with Gasteiger partial charge in [-0.05, 0) is 49.5 Å². The van der Waals surface area contributed by atoms with Gasteiger partial charge in [0.15, 0.2) is 0 Å². The highest BCUT2D eigenvalue weighted by atomic mass is 35.5. The molecule has 0 aromatic heterocycles. The van der Waals surface area contributed by atoms with Crippen molar-refractivity contribution in [3.63, 3.8) is 0 Å². The van der Waals surface area contributed by atoms with Gasteiger partial charge < -0.3 is 9.64 Å². The number of hydrogen-bond donors (Lipinski definition) is 1. The summed E-state index contributed by atoms with van der Waals surface area (Å²) in [6.45, 7) is 0.892. The lowest BCUT2D eigenvalue weighted by Crippen LogP contribution is -2.34. The molecule has 0 bridgehead atoms. The summed E-state index contributed by atoms with van der Waals surface area (Å²) < 4.78 is 33.5. The van der Waals surface area contributed by atoms with Crippen molar-refractivity contribution >= 4 is 33.2 Å². The van der Waals surface area contributed by atoms with E-state index >= 15 is 0 Å². The topological polar surface area (TPSA) is 58.6 Å². The molecule has 3 rings (SSSR count). The molecule has 0 amide bonds. The van der Waals surface area contributed by atoms with Crippen molar-refractivity contribution in [2.75, 3.05) is 27.2 Å². The van der Waals surface area contributed by atoms with Crippen molar-refractivity contribution in [2.24, 2.45) is 0 Å². The number of hydrogen-bond acceptors (Lipinski definition) is 4. The summed E-state index contributed by atoms with van der Waals surface area (Å²) in [4.78, 5) is 1.95. The molecule has 8 heteroatoms. The standard InChI is InChI=1S/C18H20Cl2N2O3S/c1-22(2)16(12-3-6-17-13(9-12)7-8-25-17)11-21-26(23,24)18-10-14(19)4-5-15(18)20/h3-6,9-10,16,21H,7-8,11H2,1-2H3. The van der Waals surface area contributed by atoms with Gasteiger partial charge in [-0.2, -0.15) is 0 Å². The number of ether oxygens (including phenoxy) is 1. The molecule has 0 aliphatic carbocycles. The van der Waals surface area contributed by atoms with E-state index in [9.17, 15) is 8.42 Å². The number of fused-ring (bicyclic) bond motifs is 1. The Morgan fingerprint density at radius 3 is 2.69 bits per heavy atom. The molecule has 140 valence electrons. The van der Waals surface area contributed by atoms with E-state index in [0.717, 1.165) is 23.3 Å². The van der Waals surface area contributed by atoms with Gasteiger partial charge in [0, 0.05) is 24.0 Å². The normalized spacial score (nSPS) is 15.0. The maximum atomic E-state index is 12.7. The molecule has 2 aromatic rings. The Balaban J connectivity index is 1.82. The molecule has 26 heavy (non-hydrogen) atoms. The van der Waals surface area contributed by atoms with Gasteiger partial charge in [-0.1, -0.05) is 35.3 Å². The van der Waals surface area contributed by atoms with Crippen LogP contribution < -0.4 is 9.46 Å². The molecular formula is C18H20Cl2N2O3S. The van der Waals surface area contributed by atoms with Crippen molar-refractivity contribution in [3.8, 4) is 5.75 Å². The maximum absolute atomic E-state index is 12.7. The van der Waals surface area contributed by atoms with Gasteiger partial charge in [0.1, 0.15) is 10.6 Å². The third-order valence-electron chi connectivity index (χ3n) is 4.37. The quantitative estimate of drug-likeness (QED) is 0.785. The molecule has 1 heterocycles. The van der Waals surface area contributed by atoms with Crippen LogP contribution in [0.3, 0.4) is 0 Å². The van der Waals surface area contributed by atoms with Crippen LogP contribution in [0.4, 0.5) is 0 Å². The maximum Gasteiger partial charge on any atom is 0.242 e. The molecule has 0 spiro atoms. The van der Waals surface area contributed by atoms with Gasteiger partial charge in [0.05, 0.1) is 11.6 Å². The van der Waals surface area contributed by atoms with Crippen molar-refractivity contribution in [1.82, 2.24) is 9.62 Å². The van der Waals surface area contributed by atoms with Crippen molar-refractivity contribution in [1.29, 1.82) is 0 Å². The van der Waals surface area contributed by atoms with Crippen LogP contribution in [0.2, 0.25) is 10.0 Å². The van der Waals surface area contributed by atoms with Gasteiger partial charge in [-0.3, -0.25) is 0 Å². The van der Waals surface area contributed by atoms with E-state index in [1.54, 1.807) is 6.07 Å². The number of sulfonamides is 1. The molecule has 1 atom stereocenters. The Hall–Kier alpha value is -1.31. The molecule has 0 fully saturated rings. The predicted molar refractivity (Wildman–Crippen MR) is 104 cm³/mol. The predicted octanol–water partition coefficient (Wildman–Crippen LogP) is 3.51. The van der Waals surface area contributed by atoms with Crippen LogP contribution in [-0.2, 0) is 16.4 Å². The first kappa shape index (κ1) is 19.5. The monoisotopic (exact) mass is 414 g/mol. The zero-order valence-corrected chi connectivity index (χ0v) is 16.8. The van der Waals surface area contributed by atoms with E-state index in [-0.39, 0.29) is 22.5 Å². The number of halogens is 2. The highest BCUT2D eigenvalue weighted by Gasteiger charge is 2.23. The minimum atomic E-state index is -3.78. The first-order valence-electron chi connectivity index (χ1n) is 8.15. The molecule has 0 saturated carbocycles. The Morgan fingerprint density at radius 1 is 1.19 bits per heavy atom. The Kier molecular flexibility index (Phi) is 5.79. The van der Waals surface area contributed by atoms with Crippen LogP contribution in [0.5, 0.6) is 5.75 Å². The first-order chi connectivity index (χ1) is 12.3. The van der Waals surface area contributed by atoms with E-state index in [1.807, 2.05) is 31.1 Å². The molecule has 0 saturated heterocycles. The number of nitrogens with one attached hydrogen (secondary N) is 1. The Bertz CT molecular complexity index is 917. The SMILES string of the molecule is CN(C)C(CNS(=O)(=O)c1cc(Cl)ccc1Cl)c1ccc2c(c1)CCO2. The largest absolute Gasteiger partial charge is 0.493 e. The summed E-state index contributed by atoms with van der Waals surface area (Å²) in [6.07, 6.45) is 0.868. The molecule has 1 aliphatic rings. The third-order valence-corrected chi connectivity index (χ3v) is 6.51. The fourth-order valence-electron chi connectivity index (χ4n) is 2.96. The average molecular weight is 415 g/mol. The molecule has 1 aliphatic heterocycles. The van der Waals surface area contributed by atoms with Gasteiger partial charge in [0.25, 0.3) is 0 Å². The van der Waals surface area contributed by atoms with Crippen LogP contribution in [0, 0.1) is 0 Å². The molecule has 2 aromatic carbocycles. The minimum absolute atomic E-state index is 0.0217. The van der Waals surface area contributed by atoms with Crippen LogP contribution in [-0.4, -0.2) is 40.6 Å². The second kappa shape index (κ2) is 7.74. The molecule has 5 nitrogen and oxygen atoms in total. The van der Waals surface area contributed by atoms with E-state index in [2.05, 4.69) is 10.8 Å². The second-order valence-electron chi connectivity index (χ2n) is 6.37. The van der Waals surface area contributed by atoms with E-state index in [1.165, 1.54) is 12.1 Å².